The van der Waals surface area contributed by atoms with E-state index in [-0.39, 0.29) is 6.04 Å². The summed E-state index contributed by atoms with van der Waals surface area (Å²) in [5.41, 5.74) is 4.93. The van der Waals surface area contributed by atoms with Crippen molar-refractivity contribution in [3.05, 3.63) is 35.7 Å². The van der Waals surface area contributed by atoms with E-state index in [2.05, 4.69) is 15.6 Å². The van der Waals surface area contributed by atoms with E-state index in [9.17, 15) is 0 Å². The zero-order valence-corrected chi connectivity index (χ0v) is 7.86. The lowest BCUT2D eigenvalue weighted by molar-refractivity contribution is 0.647. The lowest BCUT2D eigenvalue weighted by Crippen LogP contribution is -2.26. The van der Waals surface area contributed by atoms with E-state index in [0.717, 1.165) is 5.56 Å². The van der Waals surface area contributed by atoms with Crippen molar-refractivity contribution < 1.29 is 0 Å². The van der Waals surface area contributed by atoms with Gasteiger partial charge in [-0.2, -0.15) is 10.2 Å². The minimum atomic E-state index is 0.0144. The Hall–Kier alpha value is -1.26. The number of aromatic nitrogens is 2. The third-order valence-corrected chi connectivity index (χ3v) is 1.65. The topological polar surface area (TPSA) is 63.8 Å². The highest BCUT2D eigenvalue weighted by molar-refractivity contribution is 5.18. The maximum atomic E-state index is 5.41. The average Bonchev–Trinajstić information content (AvgIpc) is 2.15. The van der Waals surface area contributed by atoms with Gasteiger partial charge in [0.05, 0.1) is 12.2 Å². The van der Waals surface area contributed by atoms with Gasteiger partial charge in [0.2, 0.25) is 0 Å². The average molecular weight is 178 g/mol. The van der Waals surface area contributed by atoms with Crippen LogP contribution in [0.3, 0.4) is 0 Å². The Bertz CT molecular complexity index is 277. The number of nitrogens with zero attached hydrogens (tertiary/aromatic N) is 2. The first-order valence-corrected chi connectivity index (χ1v) is 4.12. The lowest BCUT2D eigenvalue weighted by Gasteiger charge is -2.11. The lowest BCUT2D eigenvalue weighted by atomic mass is 10.1. The van der Waals surface area contributed by atoms with Gasteiger partial charge in [-0.15, -0.1) is 0 Å². The monoisotopic (exact) mass is 178 g/mol. The van der Waals surface area contributed by atoms with Gasteiger partial charge < -0.3 is 0 Å². The fourth-order valence-corrected chi connectivity index (χ4v) is 1.06. The van der Waals surface area contributed by atoms with Crippen molar-refractivity contribution in [3.63, 3.8) is 0 Å². The molecule has 1 rings (SSSR count). The first-order valence-electron chi connectivity index (χ1n) is 4.12. The molecule has 0 saturated heterocycles. The van der Waals surface area contributed by atoms with Gasteiger partial charge in [0.25, 0.3) is 0 Å². The van der Waals surface area contributed by atoms with Gasteiger partial charge in [0.1, 0.15) is 0 Å². The quantitative estimate of drug-likeness (QED) is 0.411. The smallest absolute Gasteiger partial charge is 0.0659 e. The standard InChI is InChI=1S/C9H14N4/c1-7(2)5-9(13-10)8-3-4-11-12-6-8/h3-6,9,13H,10H2,1-2H3. The summed E-state index contributed by atoms with van der Waals surface area (Å²) in [5, 5.41) is 7.49. The number of allylic oxidation sites excluding steroid dienone is 1. The van der Waals surface area contributed by atoms with Gasteiger partial charge in [-0.3, -0.25) is 5.84 Å². The van der Waals surface area contributed by atoms with Crippen LogP contribution in [-0.4, -0.2) is 10.2 Å². The van der Waals surface area contributed by atoms with E-state index < -0.39 is 0 Å². The van der Waals surface area contributed by atoms with E-state index in [1.165, 1.54) is 5.57 Å². The molecule has 0 bridgehead atoms. The van der Waals surface area contributed by atoms with Crippen molar-refractivity contribution in [1.29, 1.82) is 0 Å². The Morgan fingerprint density at radius 3 is 2.77 bits per heavy atom. The molecule has 4 heteroatoms. The van der Waals surface area contributed by atoms with Gasteiger partial charge in [-0.25, -0.2) is 5.43 Å². The summed E-state index contributed by atoms with van der Waals surface area (Å²) in [6.07, 6.45) is 5.39. The Labute approximate surface area is 77.8 Å². The zero-order chi connectivity index (χ0) is 9.68. The second-order valence-corrected chi connectivity index (χ2v) is 3.06. The predicted molar refractivity (Wildman–Crippen MR) is 51.5 cm³/mol. The molecule has 3 N–H and O–H groups in total. The Kier molecular flexibility index (Phi) is 3.54. The zero-order valence-electron chi connectivity index (χ0n) is 7.86. The van der Waals surface area contributed by atoms with Gasteiger partial charge in [-0.05, 0) is 25.5 Å². The summed E-state index contributed by atoms with van der Waals surface area (Å²) in [6.45, 7) is 4.05. The van der Waals surface area contributed by atoms with Crippen LogP contribution in [0.4, 0.5) is 0 Å². The molecule has 0 aliphatic carbocycles. The molecule has 0 saturated carbocycles. The molecule has 0 radical (unpaired) electrons. The molecule has 1 aromatic rings. The number of hydrazine groups is 1. The molecule has 0 aliphatic rings. The summed E-state index contributed by atoms with van der Waals surface area (Å²) in [4.78, 5) is 0. The normalized spacial score (nSPS) is 12.2. The fourth-order valence-electron chi connectivity index (χ4n) is 1.06. The number of hydrogen-bond donors (Lipinski definition) is 2. The molecular formula is C9H14N4. The molecule has 1 atom stereocenters. The van der Waals surface area contributed by atoms with E-state index in [4.69, 9.17) is 5.84 Å². The number of hydrogen-bond acceptors (Lipinski definition) is 4. The molecule has 1 heterocycles. The maximum absolute atomic E-state index is 5.41. The van der Waals surface area contributed by atoms with Crippen LogP contribution < -0.4 is 11.3 Å². The summed E-state index contributed by atoms with van der Waals surface area (Å²) >= 11 is 0. The molecule has 4 nitrogen and oxygen atoms in total. The van der Waals surface area contributed by atoms with Crippen molar-refractivity contribution in [2.75, 3.05) is 0 Å². The summed E-state index contributed by atoms with van der Waals surface area (Å²) < 4.78 is 0. The molecule has 0 aliphatic heterocycles. The van der Waals surface area contributed by atoms with Crippen LogP contribution in [0.2, 0.25) is 0 Å². The van der Waals surface area contributed by atoms with Crippen LogP contribution in [0.15, 0.2) is 30.1 Å². The molecular weight excluding hydrogens is 164 g/mol. The van der Waals surface area contributed by atoms with Crippen LogP contribution in [0.1, 0.15) is 25.5 Å². The van der Waals surface area contributed by atoms with Crippen molar-refractivity contribution in [2.24, 2.45) is 5.84 Å². The highest BCUT2D eigenvalue weighted by Gasteiger charge is 2.04. The molecule has 0 amide bonds. The van der Waals surface area contributed by atoms with Gasteiger partial charge in [-0.1, -0.05) is 11.6 Å². The first kappa shape index (κ1) is 9.83. The minimum Gasteiger partial charge on any atom is -0.271 e. The van der Waals surface area contributed by atoms with Crippen molar-refractivity contribution >= 4 is 0 Å². The Balaban J connectivity index is 2.85. The molecule has 0 spiro atoms. The molecule has 0 fully saturated rings. The Morgan fingerprint density at radius 1 is 1.54 bits per heavy atom. The number of rotatable bonds is 3. The fraction of sp³-hybridized carbons (Fsp3) is 0.333. The Morgan fingerprint density at radius 2 is 2.31 bits per heavy atom. The summed E-state index contributed by atoms with van der Waals surface area (Å²) in [6, 6.07) is 1.90. The number of nitrogens with one attached hydrogen (secondary N) is 1. The maximum Gasteiger partial charge on any atom is 0.0659 e. The highest BCUT2D eigenvalue weighted by atomic mass is 15.2. The van der Waals surface area contributed by atoms with Crippen LogP contribution in [0.25, 0.3) is 0 Å². The van der Waals surface area contributed by atoms with Crippen molar-refractivity contribution in [1.82, 2.24) is 15.6 Å². The molecule has 1 aromatic heterocycles. The third kappa shape index (κ3) is 2.93. The van der Waals surface area contributed by atoms with E-state index in [1.807, 2.05) is 26.0 Å². The first-order chi connectivity index (χ1) is 6.24. The highest BCUT2D eigenvalue weighted by Crippen LogP contribution is 2.12. The predicted octanol–water partition coefficient (Wildman–Crippen LogP) is 0.947. The second kappa shape index (κ2) is 4.69. The van der Waals surface area contributed by atoms with Crippen LogP contribution in [0.5, 0.6) is 0 Å². The van der Waals surface area contributed by atoms with Crippen LogP contribution >= 0.6 is 0 Å². The van der Waals surface area contributed by atoms with Crippen LogP contribution in [-0.2, 0) is 0 Å². The van der Waals surface area contributed by atoms with Crippen LogP contribution in [0, 0.1) is 0 Å². The van der Waals surface area contributed by atoms with Gasteiger partial charge in [0, 0.05) is 6.20 Å². The molecule has 70 valence electrons. The van der Waals surface area contributed by atoms with Gasteiger partial charge in [0.15, 0.2) is 0 Å². The van der Waals surface area contributed by atoms with Gasteiger partial charge >= 0.3 is 0 Å². The second-order valence-electron chi connectivity index (χ2n) is 3.06. The van der Waals surface area contributed by atoms with E-state index in [0.29, 0.717) is 0 Å². The largest absolute Gasteiger partial charge is 0.271 e. The summed E-state index contributed by atoms with van der Waals surface area (Å²) in [7, 11) is 0. The van der Waals surface area contributed by atoms with E-state index in [1.54, 1.807) is 12.4 Å². The third-order valence-electron chi connectivity index (χ3n) is 1.65. The van der Waals surface area contributed by atoms with Crippen molar-refractivity contribution in [2.45, 2.75) is 19.9 Å². The van der Waals surface area contributed by atoms with Crippen molar-refractivity contribution in [3.8, 4) is 0 Å². The molecule has 0 aromatic carbocycles. The summed E-state index contributed by atoms with van der Waals surface area (Å²) in [5.74, 6) is 5.41. The molecule has 13 heavy (non-hydrogen) atoms. The minimum absolute atomic E-state index is 0.0144. The SMILES string of the molecule is CC(C)=CC(NN)c1ccnnc1. The number of nitrogens with two attached hydrogens (primary N) is 1. The van der Waals surface area contributed by atoms with E-state index >= 15 is 0 Å². The molecule has 1 unspecified atom stereocenters.